The normalized spacial score (nSPS) is 17.7. The minimum atomic E-state index is -0.502. The second-order valence-electron chi connectivity index (χ2n) is 7.07. The highest BCUT2D eigenvalue weighted by atomic mass is 16.6. The van der Waals surface area contributed by atoms with Crippen LogP contribution in [0.2, 0.25) is 0 Å². The van der Waals surface area contributed by atoms with Crippen LogP contribution in [0, 0.1) is 11.3 Å². The highest BCUT2D eigenvalue weighted by Gasteiger charge is 2.30. The second-order valence-corrected chi connectivity index (χ2v) is 7.07. The number of hydrogen-bond acceptors (Lipinski definition) is 3. The summed E-state index contributed by atoms with van der Waals surface area (Å²) in [5.74, 6) is 0. The average molecular weight is 311 g/mol. The molecule has 1 aromatic heterocycles. The number of benzene rings is 1. The molecule has 0 bridgehead atoms. The van der Waals surface area contributed by atoms with Crippen LogP contribution in [0.5, 0.6) is 0 Å². The number of para-hydroxylation sites is 1. The van der Waals surface area contributed by atoms with Crippen molar-refractivity contribution in [3.8, 4) is 6.07 Å². The summed E-state index contributed by atoms with van der Waals surface area (Å²) >= 11 is 0. The third-order valence-electron chi connectivity index (χ3n) is 3.99. The first-order valence-electron chi connectivity index (χ1n) is 7.81. The van der Waals surface area contributed by atoms with E-state index in [0.717, 1.165) is 16.6 Å². The lowest BCUT2D eigenvalue weighted by molar-refractivity contribution is 0.0176. The van der Waals surface area contributed by atoms with Crippen LogP contribution < -0.4 is 0 Å². The van der Waals surface area contributed by atoms with E-state index in [-0.39, 0.29) is 12.1 Å². The average Bonchev–Trinajstić information content (AvgIpc) is 2.83. The standard InChI is InChI=1S/C18H21N3O2/c1-12-10-20(17(22)23-18(2,3)4)11-15-8-13-6-5-7-14(9-19)16(13)21(12)15/h5-8,12H,10-11H2,1-4H3. The van der Waals surface area contributed by atoms with Gasteiger partial charge in [0.25, 0.3) is 0 Å². The molecule has 3 rings (SSSR count). The Bertz CT molecular complexity index is 808. The van der Waals surface area contributed by atoms with E-state index < -0.39 is 5.60 Å². The summed E-state index contributed by atoms with van der Waals surface area (Å²) in [6, 6.07) is 10.2. The molecule has 1 atom stereocenters. The third kappa shape index (κ3) is 2.77. The number of nitrogens with zero attached hydrogens (tertiary/aromatic N) is 3. The van der Waals surface area contributed by atoms with Crippen molar-refractivity contribution >= 4 is 17.0 Å². The van der Waals surface area contributed by atoms with E-state index in [9.17, 15) is 10.1 Å². The first-order valence-corrected chi connectivity index (χ1v) is 7.81. The minimum absolute atomic E-state index is 0.0956. The van der Waals surface area contributed by atoms with E-state index >= 15 is 0 Å². The van der Waals surface area contributed by atoms with Crippen molar-refractivity contribution in [1.29, 1.82) is 5.26 Å². The molecule has 0 radical (unpaired) electrons. The number of carbonyl (C=O) groups is 1. The quantitative estimate of drug-likeness (QED) is 0.743. The Labute approximate surface area is 136 Å². The summed E-state index contributed by atoms with van der Waals surface area (Å²) in [7, 11) is 0. The van der Waals surface area contributed by atoms with Crippen molar-refractivity contribution < 1.29 is 9.53 Å². The summed E-state index contributed by atoms with van der Waals surface area (Å²) in [4.78, 5) is 14.1. The number of amides is 1. The van der Waals surface area contributed by atoms with E-state index in [4.69, 9.17) is 4.74 Å². The van der Waals surface area contributed by atoms with Crippen LogP contribution in [0.3, 0.4) is 0 Å². The summed E-state index contributed by atoms with van der Waals surface area (Å²) < 4.78 is 7.66. The van der Waals surface area contributed by atoms with Gasteiger partial charge in [-0.15, -0.1) is 0 Å². The fourth-order valence-electron chi connectivity index (χ4n) is 3.18. The monoisotopic (exact) mass is 311 g/mol. The highest BCUT2D eigenvalue weighted by Crippen LogP contribution is 2.32. The second kappa shape index (κ2) is 5.31. The molecule has 2 heterocycles. The maximum atomic E-state index is 12.3. The fraction of sp³-hybridized carbons (Fsp3) is 0.444. The van der Waals surface area contributed by atoms with Crippen molar-refractivity contribution in [3.05, 3.63) is 35.5 Å². The zero-order chi connectivity index (χ0) is 16.8. The van der Waals surface area contributed by atoms with Gasteiger partial charge in [-0.05, 0) is 39.8 Å². The largest absolute Gasteiger partial charge is 0.444 e. The molecule has 2 aromatic rings. The van der Waals surface area contributed by atoms with Gasteiger partial charge >= 0.3 is 6.09 Å². The molecule has 0 N–H and O–H groups in total. The molecule has 0 aliphatic carbocycles. The molecule has 1 aliphatic heterocycles. The van der Waals surface area contributed by atoms with Gasteiger partial charge in [0.05, 0.1) is 17.6 Å². The lowest BCUT2D eigenvalue weighted by atomic mass is 10.1. The molecule has 23 heavy (non-hydrogen) atoms. The molecule has 0 saturated carbocycles. The van der Waals surface area contributed by atoms with E-state index in [1.165, 1.54) is 0 Å². The first kappa shape index (κ1) is 15.4. The van der Waals surface area contributed by atoms with E-state index in [0.29, 0.717) is 18.7 Å². The van der Waals surface area contributed by atoms with Crippen LogP contribution in [0.1, 0.15) is 45.0 Å². The van der Waals surface area contributed by atoms with Gasteiger partial charge in [-0.1, -0.05) is 12.1 Å². The predicted octanol–water partition coefficient (Wildman–Crippen LogP) is 3.82. The van der Waals surface area contributed by atoms with Gasteiger partial charge < -0.3 is 14.2 Å². The molecule has 0 saturated heterocycles. The Hall–Kier alpha value is -2.48. The summed E-state index contributed by atoms with van der Waals surface area (Å²) in [6.45, 7) is 8.75. The molecular weight excluding hydrogens is 290 g/mol. The lowest BCUT2D eigenvalue weighted by Gasteiger charge is -2.35. The minimum Gasteiger partial charge on any atom is -0.444 e. The van der Waals surface area contributed by atoms with E-state index in [2.05, 4.69) is 23.6 Å². The Morgan fingerprint density at radius 2 is 2.13 bits per heavy atom. The number of ether oxygens (including phenoxy) is 1. The van der Waals surface area contributed by atoms with Gasteiger partial charge in [0.2, 0.25) is 0 Å². The van der Waals surface area contributed by atoms with Crippen LogP contribution in [0.15, 0.2) is 24.3 Å². The maximum Gasteiger partial charge on any atom is 0.410 e. The first-order chi connectivity index (χ1) is 10.8. The number of carbonyl (C=O) groups excluding carboxylic acids is 1. The molecule has 5 heteroatoms. The smallest absolute Gasteiger partial charge is 0.410 e. The zero-order valence-electron chi connectivity index (χ0n) is 14.0. The van der Waals surface area contributed by atoms with Crippen LogP contribution in [-0.2, 0) is 11.3 Å². The molecule has 1 unspecified atom stereocenters. The van der Waals surface area contributed by atoms with Crippen LogP contribution in [0.4, 0.5) is 4.79 Å². The van der Waals surface area contributed by atoms with Gasteiger partial charge in [-0.25, -0.2) is 4.79 Å². The molecule has 0 spiro atoms. The number of nitriles is 1. The van der Waals surface area contributed by atoms with Crippen LogP contribution in [0.25, 0.3) is 10.9 Å². The Balaban J connectivity index is 1.99. The molecular formula is C18H21N3O2. The molecule has 0 fully saturated rings. The lowest BCUT2D eigenvalue weighted by Crippen LogP contribution is -2.42. The predicted molar refractivity (Wildman–Crippen MR) is 88.0 cm³/mol. The number of fused-ring (bicyclic) bond motifs is 3. The van der Waals surface area contributed by atoms with Crippen molar-refractivity contribution in [1.82, 2.24) is 9.47 Å². The summed E-state index contributed by atoms with van der Waals surface area (Å²) in [5, 5.41) is 10.4. The Kier molecular flexibility index (Phi) is 3.56. The van der Waals surface area contributed by atoms with Crippen molar-refractivity contribution in [2.45, 2.75) is 45.9 Å². The highest BCUT2D eigenvalue weighted by molar-refractivity contribution is 5.87. The Morgan fingerprint density at radius 3 is 2.78 bits per heavy atom. The molecule has 5 nitrogen and oxygen atoms in total. The van der Waals surface area contributed by atoms with Crippen molar-refractivity contribution in [3.63, 3.8) is 0 Å². The van der Waals surface area contributed by atoms with E-state index in [1.807, 2.05) is 39.0 Å². The van der Waals surface area contributed by atoms with Gasteiger partial charge in [0.1, 0.15) is 11.7 Å². The Morgan fingerprint density at radius 1 is 1.39 bits per heavy atom. The van der Waals surface area contributed by atoms with Crippen LogP contribution >= 0.6 is 0 Å². The summed E-state index contributed by atoms with van der Waals surface area (Å²) in [6.07, 6.45) is -0.290. The molecule has 1 amide bonds. The maximum absolute atomic E-state index is 12.3. The number of rotatable bonds is 0. The number of aromatic nitrogens is 1. The zero-order valence-corrected chi connectivity index (χ0v) is 14.0. The van der Waals surface area contributed by atoms with Crippen molar-refractivity contribution in [2.24, 2.45) is 0 Å². The topological polar surface area (TPSA) is 58.3 Å². The molecule has 1 aliphatic rings. The third-order valence-corrected chi connectivity index (χ3v) is 3.99. The number of hydrogen-bond donors (Lipinski definition) is 0. The van der Waals surface area contributed by atoms with Gasteiger partial charge in [0, 0.05) is 23.7 Å². The van der Waals surface area contributed by atoms with Gasteiger partial charge in [-0.3, -0.25) is 0 Å². The fourth-order valence-corrected chi connectivity index (χ4v) is 3.18. The SMILES string of the molecule is CC1CN(C(=O)OC(C)(C)C)Cc2cc3cccc(C#N)c3n21. The van der Waals surface area contributed by atoms with Gasteiger partial charge in [0.15, 0.2) is 0 Å². The van der Waals surface area contributed by atoms with Gasteiger partial charge in [-0.2, -0.15) is 5.26 Å². The van der Waals surface area contributed by atoms with Crippen LogP contribution in [-0.4, -0.2) is 27.7 Å². The van der Waals surface area contributed by atoms with E-state index in [1.54, 1.807) is 4.90 Å². The molecule has 1 aromatic carbocycles. The summed E-state index contributed by atoms with van der Waals surface area (Å²) in [5.41, 5.74) is 2.17. The van der Waals surface area contributed by atoms with Crippen molar-refractivity contribution in [2.75, 3.05) is 6.54 Å². The molecule has 120 valence electrons.